The van der Waals surface area contributed by atoms with Crippen molar-refractivity contribution >= 4 is 15.9 Å². The lowest BCUT2D eigenvalue weighted by molar-refractivity contribution is 0.497. The zero-order valence-electron chi connectivity index (χ0n) is 11.7. The van der Waals surface area contributed by atoms with E-state index in [-0.39, 0.29) is 6.04 Å². The van der Waals surface area contributed by atoms with E-state index in [0.29, 0.717) is 6.42 Å². The van der Waals surface area contributed by atoms with Crippen molar-refractivity contribution in [3.8, 4) is 0 Å². The number of hydrogen-bond acceptors (Lipinski definition) is 2. The van der Waals surface area contributed by atoms with Gasteiger partial charge in [-0.15, -0.1) is 0 Å². The Balaban J connectivity index is 2.19. The van der Waals surface area contributed by atoms with E-state index in [9.17, 15) is 8.78 Å². The second kappa shape index (κ2) is 7.61. The SMILES string of the molecule is CCCNC(Cc1ccc(F)c(F)c1)c1ccc(Br)cn1. The van der Waals surface area contributed by atoms with Gasteiger partial charge in [0.1, 0.15) is 0 Å². The van der Waals surface area contributed by atoms with Crippen LogP contribution in [-0.2, 0) is 6.42 Å². The first-order valence-electron chi connectivity index (χ1n) is 6.89. The monoisotopic (exact) mass is 354 g/mol. The molecule has 21 heavy (non-hydrogen) atoms. The fourth-order valence-electron chi connectivity index (χ4n) is 2.10. The topological polar surface area (TPSA) is 24.9 Å². The van der Waals surface area contributed by atoms with E-state index in [1.165, 1.54) is 6.07 Å². The molecule has 0 spiro atoms. The number of nitrogens with zero attached hydrogens (tertiary/aromatic N) is 1. The predicted molar refractivity (Wildman–Crippen MR) is 83.0 cm³/mol. The largest absolute Gasteiger partial charge is 0.308 e. The third kappa shape index (κ3) is 4.58. The van der Waals surface area contributed by atoms with Crippen molar-refractivity contribution in [3.05, 3.63) is 63.9 Å². The highest BCUT2D eigenvalue weighted by Gasteiger charge is 2.14. The number of nitrogens with one attached hydrogen (secondary N) is 1. The maximum atomic E-state index is 13.3. The summed E-state index contributed by atoms with van der Waals surface area (Å²) >= 11 is 3.36. The average Bonchev–Trinajstić information content (AvgIpc) is 2.48. The van der Waals surface area contributed by atoms with Crippen LogP contribution in [0.5, 0.6) is 0 Å². The number of benzene rings is 1. The molecule has 1 aromatic heterocycles. The number of rotatable bonds is 6. The number of pyridine rings is 1. The molecule has 0 bridgehead atoms. The van der Waals surface area contributed by atoms with Gasteiger partial charge >= 0.3 is 0 Å². The molecule has 1 heterocycles. The summed E-state index contributed by atoms with van der Waals surface area (Å²) in [4.78, 5) is 4.39. The van der Waals surface area contributed by atoms with Gasteiger partial charge in [-0.3, -0.25) is 4.98 Å². The van der Waals surface area contributed by atoms with Gasteiger partial charge < -0.3 is 5.32 Å². The van der Waals surface area contributed by atoms with E-state index in [1.54, 1.807) is 12.3 Å². The van der Waals surface area contributed by atoms with Gasteiger partial charge in [0.2, 0.25) is 0 Å². The van der Waals surface area contributed by atoms with Crippen molar-refractivity contribution in [2.75, 3.05) is 6.54 Å². The Morgan fingerprint density at radius 1 is 1.19 bits per heavy atom. The lowest BCUT2D eigenvalue weighted by Gasteiger charge is -2.18. The molecule has 0 aliphatic heterocycles. The van der Waals surface area contributed by atoms with E-state index >= 15 is 0 Å². The van der Waals surface area contributed by atoms with Crippen LogP contribution in [0.4, 0.5) is 8.78 Å². The molecule has 2 aromatic rings. The van der Waals surface area contributed by atoms with Crippen LogP contribution in [0.25, 0.3) is 0 Å². The summed E-state index contributed by atoms with van der Waals surface area (Å²) in [7, 11) is 0. The Labute approximate surface area is 131 Å². The van der Waals surface area contributed by atoms with Gasteiger partial charge in [-0.1, -0.05) is 13.0 Å². The molecule has 0 saturated heterocycles. The third-order valence-electron chi connectivity index (χ3n) is 3.17. The standard InChI is InChI=1S/C16H17BrF2N2/c1-2-7-20-16(15-6-4-12(17)10-21-15)9-11-3-5-13(18)14(19)8-11/h3-6,8,10,16,20H,2,7,9H2,1H3. The van der Waals surface area contributed by atoms with Crippen LogP contribution in [0.1, 0.15) is 30.6 Å². The molecule has 1 unspecified atom stereocenters. The van der Waals surface area contributed by atoms with Crippen molar-refractivity contribution in [3.63, 3.8) is 0 Å². The molecule has 2 rings (SSSR count). The fourth-order valence-corrected chi connectivity index (χ4v) is 2.33. The lowest BCUT2D eigenvalue weighted by atomic mass is 10.0. The van der Waals surface area contributed by atoms with Crippen molar-refractivity contribution in [1.29, 1.82) is 0 Å². The third-order valence-corrected chi connectivity index (χ3v) is 3.64. The van der Waals surface area contributed by atoms with E-state index in [1.807, 2.05) is 12.1 Å². The minimum absolute atomic E-state index is 0.0251. The van der Waals surface area contributed by atoms with E-state index < -0.39 is 11.6 Å². The number of hydrogen-bond donors (Lipinski definition) is 1. The van der Waals surface area contributed by atoms with Gasteiger partial charge in [-0.05, 0) is 65.1 Å². The summed E-state index contributed by atoms with van der Waals surface area (Å²) in [5, 5.41) is 3.39. The quantitative estimate of drug-likeness (QED) is 0.831. The summed E-state index contributed by atoms with van der Waals surface area (Å²) in [5.74, 6) is -1.64. The number of aromatic nitrogens is 1. The summed E-state index contributed by atoms with van der Waals surface area (Å²) in [6.07, 6.45) is 3.29. The Morgan fingerprint density at radius 2 is 2.00 bits per heavy atom. The van der Waals surface area contributed by atoms with Gasteiger partial charge in [0.15, 0.2) is 11.6 Å². The van der Waals surface area contributed by atoms with E-state index in [0.717, 1.165) is 34.8 Å². The molecule has 5 heteroatoms. The number of halogens is 3. The first kappa shape index (κ1) is 16.0. The molecule has 1 aromatic carbocycles. The summed E-state index contributed by atoms with van der Waals surface area (Å²) in [6.45, 7) is 2.92. The Hall–Kier alpha value is -1.33. The molecule has 0 aliphatic rings. The molecule has 0 saturated carbocycles. The predicted octanol–water partition coefficient (Wildman–Crippen LogP) is 4.41. The van der Waals surface area contributed by atoms with Crippen LogP contribution in [0.2, 0.25) is 0 Å². The highest BCUT2D eigenvalue weighted by atomic mass is 79.9. The Morgan fingerprint density at radius 3 is 2.62 bits per heavy atom. The maximum absolute atomic E-state index is 13.3. The van der Waals surface area contributed by atoms with Crippen molar-refractivity contribution in [1.82, 2.24) is 10.3 Å². The van der Waals surface area contributed by atoms with Gasteiger partial charge in [0, 0.05) is 10.7 Å². The molecule has 0 radical (unpaired) electrons. The van der Waals surface area contributed by atoms with E-state index in [4.69, 9.17) is 0 Å². The minimum Gasteiger partial charge on any atom is -0.308 e. The van der Waals surface area contributed by atoms with Gasteiger partial charge in [-0.2, -0.15) is 0 Å². The van der Waals surface area contributed by atoms with Crippen LogP contribution in [0.3, 0.4) is 0 Å². The molecule has 1 N–H and O–H groups in total. The average molecular weight is 355 g/mol. The maximum Gasteiger partial charge on any atom is 0.159 e. The van der Waals surface area contributed by atoms with Crippen molar-refractivity contribution in [2.45, 2.75) is 25.8 Å². The highest BCUT2D eigenvalue weighted by molar-refractivity contribution is 9.10. The smallest absolute Gasteiger partial charge is 0.159 e. The highest BCUT2D eigenvalue weighted by Crippen LogP contribution is 2.20. The summed E-state index contributed by atoms with van der Waals surface area (Å²) in [5.41, 5.74) is 1.63. The van der Waals surface area contributed by atoms with Crippen molar-refractivity contribution < 1.29 is 8.78 Å². The molecule has 0 amide bonds. The van der Waals surface area contributed by atoms with Gasteiger partial charge in [0.25, 0.3) is 0 Å². The van der Waals surface area contributed by atoms with E-state index in [2.05, 4.69) is 33.2 Å². The summed E-state index contributed by atoms with van der Waals surface area (Å²) in [6, 6.07) is 7.84. The second-order valence-corrected chi connectivity index (χ2v) is 5.78. The van der Waals surface area contributed by atoms with Crippen molar-refractivity contribution in [2.24, 2.45) is 0 Å². The van der Waals surface area contributed by atoms with Crippen LogP contribution in [0.15, 0.2) is 41.0 Å². The Bertz CT molecular complexity index is 587. The normalized spacial score (nSPS) is 12.4. The first-order chi connectivity index (χ1) is 10.1. The van der Waals surface area contributed by atoms with Gasteiger partial charge in [0.05, 0.1) is 11.7 Å². The molecular weight excluding hydrogens is 338 g/mol. The second-order valence-electron chi connectivity index (χ2n) is 4.86. The molecule has 0 fully saturated rings. The minimum atomic E-state index is -0.821. The first-order valence-corrected chi connectivity index (χ1v) is 7.68. The van der Waals surface area contributed by atoms with Gasteiger partial charge in [-0.25, -0.2) is 8.78 Å². The van der Waals surface area contributed by atoms with Crippen LogP contribution < -0.4 is 5.32 Å². The van der Waals surface area contributed by atoms with Crippen LogP contribution >= 0.6 is 15.9 Å². The Kier molecular flexibility index (Phi) is 5.82. The fraction of sp³-hybridized carbons (Fsp3) is 0.312. The summed E-state index contributed by atoms with van der Waals surface area (Å²) < 4.78 is 27.2. The zero-order chi connectivity index (χ0) is 15.2. The molecule has 0 aliphatic carbocycles. The molecule has 112 valence electrons. The molecule has 1 atom stereocenters. The molecule has 2 nitrogen and oxygen atoms in total. The van der Waals surface area contributed by atoms with Crippen LogP contribution in [-0.4, -0.2) is 11.5 Å². The lowest BCUT2D eigenvalue weighted by Crippen LogP contribution is -2.25. The van der Waals surface area contributed by atoms with Crippen LogP contribution in [0, 0.1) is 11.6 Å². The zero-order valence-corrected chi connectivity index (χ0v) is 13.3. The molecular formula is C16H17BrF2N2.